The molecular formula is C66H112N8O17. The zero-order chi connectivity index (χ0) is 67.4. The first kappa shape index (κ1) is 82.8. The number of likely N-dealkylation sites (N-methyl/N-ethyl adjacent to an activating group) is 1. The molecule has 91 heavy (non-hydrogen) atoms. The first-order valence-electron chi connectivity index (χ1n) is 33.1. The fraction of sp³-hybridized carbons (Fsp3) is 0.742. The number of hydrogen-bond acceptors (Lipinski definition) is 18. The summed E-state index contributed by atoms with van der Waals surface area (Å²) in [6.45, 7) is 5.14. The Kier molecular flexibility index (Phi) is 48.5. The molecule has 25 heteroatoms. The smallest absolute Gasteiger partial charge is 0.326 e. The van der Waals surface area contributed by atoms with Crippen LogP contribution in [-0.2, 0) is 73.3 Å². The number of carbonyl (C=O) groups is 10. The minimum absolute atomic E-state index is 0.0108. The van der Waals surface area contributed by atoms with E-state index in [9.17, 15) is 58.2 Å². The van der Waals surface area contributed by atoms with Crippen LogP contribution in [0.3, 0.4) is 0 Å². The summed E-state index contributed by atoms with van der Waals surface area (Å²) in [5, 5.41) is 46.7. The van der Waals surface area contributed by atoms with Crippen LogP contribution in [0.25, 0.3) is 0 Å². The summed E-state index contributed by atoms with van der Waals surface area (Å²) in [4.78, 5) is 127. The summed E-state index contributed by atoms with van der Waals surface area (Å²) >= 11 is 0. The molecule has 4 atom stereocenters. The van der Waals surface area contributed by atoms with Crippen LogP contribution >= 0.6 is 0 Å². The summed E-state index contributed by atoms with van der Waals surface area (Å²) in [7, 11) is 1.67. The number of primary amides is 1. The fourth-order valence-electron chi connectivity index (χ4n) is 10.1. The molecule has 0 unspecified atom stereocenters. The van der Waals surface area contributed by atoms with Crippen LogP contribution in [0.15, 0.2) is 24.3 Å². The summed E-state index contributed by atoms with van der Waals surface area (Å²) < 4.78 is 21.8. The van der Waals surface area contributed by atoms with E-state index in [2.05, 4.69) is 21.3 Å². The number of benzene rings is 1. The number of Topliss-reactive ketones (excluding diaryl/α,β-unsaturated/α-hetero) is 4. The van der Waals surface area contributed by atoms with Gasteiger partial charge in [-0.25, -0.2) is 4.79 Å². The van der Waals surface area contributed by atoms with Gasteiger partial charge < -0.3 is 67.0 Å². The quantitative estimate of drug-likeness (QED) is 0.0202. The van der Waals surface area contributed by atoms with Crippen molar-refractivity contribution in [2.75, 3.05) is 86.1 Å². The minimum atomic E-state index is -1.20. The number of unbranched alkanes of at least 4 members (excludes halogenated alkanes) is 14. The number of aromatic hydroxyl groups is 1. The van der Waals surface area contributed by atoms with Crippen LogP contribution < -0.4 is 32.7 Å². The second kappa shape index (κ2) is 53.3. The van der Waals surface area contributed by atoms with E-state index in [1.807, 2.05) is 13.8 Å². The van der Waals surface area contributed by atoms with Crippen LogP contribution in [0.2, 0.25) is 0 Å². The van der Waals surface area contributed by atoms with Crippen molar-refractivity contribution in [1.82, 2.24) is 26.2 Å². The number of carboxylic acids is 2. The summed E-state index contributed by atoms with van der Waals surface area (Å²) in [6.07, 6.45) is 18.1. The molecule has 0 saturated heterocycles. The van der Waals surface area contributed by atoms with Gasteiger partial charge in [-0.1, -0.05) is 103 Å². The third-order valence-corrected chi connectivity index (χ3v) is 15.2. The van der Waals surface area contributed by atoms with Gasteiger partial charge in [0.2, 0.25) is 23.6 Å². The minimum Gasteiger partial charge on any atom is -0.508 e. The van der Waals surface area contributed by atoms with Crippen molar-refractivity contribution in [3.63, 3.8) is 0 Å². The molecular weight excluding hydrogens is 1180 g/mol. The normalized spacial score (nSPS) is 12.7. The van der Waals surface area contributed by atoms with E-state index in [0.717, 1.165) is 56.9 Å². The lowest BCUT2D eigenvalue weighted by molar-refractivity contribution is -0.142. The zero-order valence-corrected chi connectivity index (χ0v) is 54.8. The van der Waals surface area contributed by atoms with Crippen molar-refractivity contribution in [2.45, 2.75) is 218 Å². The number of nitrogens with zero attached hydrogens (tertiary/aromatic N) is 1. The Labute approximate surface area is 539 Å². The first-order valence-corrected chi connectivity index (χ1v) is 33.1. The number of aliphatic carboxylic acids is 2. The van der Waals surface area contributed by atoms with Gasteiger partial charge in [-0.05, 0) is 94.9 Å². The number of nitrogens with two attached hydrogens (primary N) is 2. The lowest BCUT2D eigenvalue weighted by Crippen LogP contribution is -2.48. The van der Waals surface area contributed by atoms with Crippen molar-refractivity contribution in [3.8, 4) is 5.75 Å². The van der Waals surface area contributed by atoms with Crippen LogP contribution in [0, 0.1) is 17.2 Å². The molecule has 0 radical (unpaired) electrons. The van der Waals surface area contributed by atoms with Crippen LogP contribution in [0.4, 0.5) is 0 Å². The molecule has 4 amide bonds. The number of ketones is 4. The van der Waals surface area contributed by atoms with E-state index in [-0.39, 0.29) is 169 Å². The number of phenols is 1. The third kappa shape index (κ3) is 47.3. The topological polar surface area (TPSA) is 396 Å². The van der Waals surface area contributed by atoms with Gasteiger partial charge in [-0.3, -0.25) is 53.5 Å². The molecule has 0 saturated carbocycles. The molecule has 25 nitrogen and oxygen atoms in total. The first-order chi connectivity index (χ1) is 43.6. The maximum atomic E-state index is 14.0. The Bertz CT molecular complexity index is 2270. The van der Waals surface area contributed by atoms with Crippen LogP contribution in [0.1, 0.15) is 199 Å². The van der Waals surface area contributed by atoms with Crippen molar-refractivity contribution >= 4 is 64.5 Å². The standard InChI is InChI=1S/C66H112N8O17/c1-49(2)42-54(77)45-72-55(59(79)46-74(3)57(24-17-18-25-60(67)68)58(78)44-51(65(69)85)43-50-28-30-52(75)31-29-50)23-19-20-34-70-63(82)48-91-41-38-88-36-21-22-53(76)47-90-40-39-89-37-35-71-61(80)33-32-56(66(86)87)73-62(81)26-15-13-11-9-7-5-4-6-8-10-12-14-16-27-64(83)84/h28-31,49,51,55-57,72,75H,4-27,32-48H2,1-3H3,(H3,67,68)(H2,69,85)(H,70,82)(H,71,80)(H,73,81)(H,83,84)(H,86,87)/t51-,55+,56+,57+/m1/s1. The number of rotatable bonds is 63. The van der Waals surface area contributed by atoms with Crippen molar-refractivity contribution in [2.24, 2.45) is 23.3 Å². The molecule has 0 aliphatic heterocycles. The van der Waals surface area contributed by atoms with E-state index < -0.39 is 41.9 Å². The Morgan fingerprint density at radius 2 is 1.10 bits per heavy atom. The van der Waals surface area contributed by atoms with Crippen molar-refractivity contribution < 1.29 is 82.2 Å². The van der Waals surface area contributed by atoms with Gasteiger partial charge in [-0.2, -0.15) is 0 Å². The number of hydrogen-bond donors (Lipinski definition) is 10. The Morgan fingerprint density at radius 3 is 1.69 bits per heavy atom. The second-order valence-corrected chi connectivity index (χ2v) is 24.0. The van der Waals surface area contributed by atoms with E-state index >= 15 is 0 Å². The van der Waals surface area contributed by atoms with E-state index in [1.165, 1.54) is 37.8 Å². The van der Waals surface area contributed by atoms with Gasteiger partial charge in [0.1, 0.15) is 30.8 Å². The largest absolute Gasteiger partial charge is 0.508 e. The van der Waals surface area contributed by atoms with Crippen LogP contribution in [0.5, 0.6) is 5.75 Å². The molecule has 0 aliphatic carbocycles. The Balaban J connectivity index is 2.27. The lowest BCUT2D eigenvalue weighted by Gasteiger charge is -2.29. The maximum absolute atomic E-state index is 14.0. The highest BCUT2D eigenvalue weighted by atomic mass is 16.5. The third-order valence-electron chi connectivity index (χ3n) is 15.2. The molecule has 1 aromatic carbocycles. The fourth-order valence-corrected chi connectivity index (χ4v) is 10.1. The van der Waals surface area contributed by atoms with Crippen molar-refractivity contribution in [1.29, 1.82) is 5.41 Å². The predicted molar refractivity (Wildman–Crippen MR) is 345 cm³/mol. The van der Waals surface area contributed by atoms with Crippen LogP contribution in [-0.4, -0.2) is 189 Å². The maximum Gasteiger partial charge on any atom is 0.326 e. The number of nitrogens with one attached hydrogen (secondary N) is 5. The zero-order valence-electron chi connectivity index (χ0n) is 54.8. The van der Waals surface area contributed by atoms with E-state index in [1.54, 1.807) is 24.1 Å². The number of amides is 4. The number of ether oxygens (including phenoxy) is 4. The molecule has 1 rings (SSSR count). The monoisotopic (exact) mass is 1290 g/mol. The van der Waals surface area contributed by atoms with Gasteiger partial charge in [0.25, 0.3) is 0 Å². The van der Waals surface area contributed by atoms with E-state index in [0.29, 0.717) is 77.4 Å². The van der Waals surface area contributed by atoms with Gasteiger partial charge in [-0.15, -0.1) is 0 Å². The van der Waals surface area contributed by atoms with Gasteiger partial charge >= 0.3 is 11.9 Å². The van der Waals surface area contributed by atoms with Gasteiger partial charge in [0.15, 0.2) is 17.3 Å². The molecule has 0 aromatic heterocycles. The highest BCUT2D eigenvalue weighted by molar-refractivity contribution is 5.91. The average Bonchev–Trinajstić information content (AvgIpc) is 1.90. The molecule has 0 aliphatic rings. The summed E-state index contributed by atoms with van der Waals surface area (Å²) in [5.41, 5.74) is 12.0. The SMILES string of the molecule is CC(C)CC(=O)CN[C@@H](CCCCNC(=O)COCCOCCCC(=O)COCCOCCNC(=O)CC[C@H](NC(=O)CCCCCCCCCCCCCCCC(=O)O)C(=O)O)C(=O)CN(C)[C@@H](CCCCC(=N)N)C(=O)C[C@@H](Cc1ccc(O)cc1)C(N)=O. The predicted octanol–water partition coefficient (Wildman–Crippen LogP) is 6.04. The molecule has 0 spiro atoms. The molecule has 0 heterocycles. The highest BCUT2D eigenvalue weighted by Crippen LogP contribution is 2.21. The number of amidine groups is 1. The summed E-state index contributed by atoms with van der Waals surface area (Å²) in [6, 6.07) is 3.66. The van der Waals surface area contributed by atoms with E-state index in [4.69, 9.17) is 40.9 Å². The number of phenolic OH excluding ortho intramolecular Hbond substituents is 1. The number of carboxylic acid groups (broad SMARTS) is 2. The molecule has 518 valence electrons. The molecule has 0 bridgehead atoms. The lowest BCUT2D eigenvalue weighted by atomic mass is 9.89. The molecule has 12 N–H and O–H groups in total. The van der Waals surface area contributed by atoms with Gasteiger partial charge in [0.05, 0.1) is 64.0 Å². The number of carbonyl (C=O) groups excluding carboxylic acids is 8. The molecule has 1 aromatic rings. The average molecular weight is 1290 g/mol. The van der Waals surface area contributed by atoms with Gasteiger partial charge in [0, 0.05) is 70.6 Å². The molecule has 0 fully saturated rings. The highest BCUT2D eigenvalue weighted by Gasteiger charge is 2.31. The summed E-state index contributed by atoms with van der Waals surface area (Å²) in [5.74, 6) is -4.89. The van der Waals surface area contributed by atoms with Crippen molar-refractivity contribution in [3.05, 3.63) is 29.8 Å². The second-order valence-electron chi connectivity index (χ2n) is 24.0. The Morgan fingerprint density at radius 1 is 0.538 bits per heavy atom. The Hall–Kier alpha value is -6.25.